The van der Waals surface area contributed by atoms with Crippen molar-refractivity contribution in [2.75, 3.05) is 20.3 Å². The molecule has 1 aromatic heterocycles. The van der Waals surface area contributed by atoms with Crippen LogP contribution in [0.4, 0.5) is 4.39 Å². The van der Waals surface area contributed by atoms with E-state index in [1.165, 1.54) is 6.07 Å². The first-order valence-electron chi connectivity index (χ1n) is 15.2. The van der Waals surface area contributed by atoms with Crippen LogP contribution in [0.25, 0.3) is 11.0 Å². The summed E-state index contributed by atoms with van der Waals surface area (Å²) < 4.78 is 19.8. The number of aliphatic hydroxyl groups is 1. The Morgan fingerprint density at radius 1 is 1.26 bits per heavy atom. The molecule has 3 aromatic rings. The highest BCUT2D eigenvalue weighted by Crippen LogP contribution is 2.36. The summed E-state index contributed by atoms with van der Waals surface area (Å²) in [4.78, 5) is 35.3. The van der Waals surface area contributed by atoms with Crippen LogP contribution in [-0.4, -0.2) is 58.8 Å². The fourth-order valence-corrected chi connectivity index (χ4v) is 6.21. The van der Waals surface area contributed by atoms with Gasteiger partial charge in [-0.1, -0.05) is 50.1 Å². The predicted molar refractivity (Wildman–Crippen MR) is 164 cm³/mol. The van der Waals surface area contributed by atoms with Gasteiger partial charge < -0.3 is 25.5 Å². The average Bonchev–Trinajstić information content (AvgIpc) is 3.54. The molecule has 2 aliphatic rings. The number of nitrogens with one attached hydrogen (secondary N) is 3. The Morgan fingerprint density at radius 3 is 2.63 bits per heavy atom. The van der Waals surface area contributed by atoms with Crippen LogP contribution in [0.2, 0.25) is 5.02 Å². The molecule has 4 N–H and O–H groups in total. The molecule has 2 saturated carbocycles. The van der Waals surface area contributed by atoms with Crippen molar-refractivity contribution in [3.8, 4) is 0 Å². The molecule has 2 aliphatic carbocycles. The molecule has 0 spiro atoms. The molecule has 2 unspecified atom stereocenters. The van der Waals surface area contributed by atoms with Crippen LogP contribution < -0.4 is 10.6 Å². The van der Waals surface area contributed by atoms with E-state index in [9.17, 15) is 19.1 Å². The van der Waals surface area contributed by atoms with Crippen LogP contribution in [0.15, 0.2) is 36.4 Å². The molecule has 2 aromatic carbocycles. The maximum atomic E-state index is 14.2. The number of ether oxygens (including phenoxy) is 1. The molecule has 1 heterocycles. The molecular weight excluding hydrogens is 571 g/mol. The first-order valence-corrected chi connectivity index (χ1v) is 15.5. The standard InChI is InChI=1S/C33H42ClFN4O4/c1-19(2)23(22-9-6-10-24(35)28(22)34)16-27-37-25-12-11-21(15-26(25)38-27)32(3,18-43-4)31(41)39-29(20-7-5-8-20)30(40)36-17-33(42)13-14-33/h6,9-12,15,19-20,23,29,42H,5,7-8,13-14,16-18H2,1-4H3,(H,36,40)(H,37,38)(H,39,41)/t23?,29-,32?/m1/s1. The van der Waals surface area contributed by atoms with Crippen molar-refractivity contribution < 1.29 is 23.8 Å². The first kappa shape index (κ1) is 31.4. The number of imidazole rings is 1. The van der Waals surface area contributed by atoms with E-state index < -0.39 is 22.9 Å². The zero-order chi connectivity index (χ0) is 30.9. The van der Waals surface area contributed by atoms with Crippen molar-refractivity contribution in [1.29, 1.82) is 0 Å². The summed E-state index contributed by atoms with van der Waals surface area (Å²) >= 11 is 6.34. The van der Waals surface area contributed by atoms with Gasteiger partial charge >= 0.3 is 0 Å². The lowest BCUT2D eigenvalue weighted by atomic mass is 9.77. The van der Waals surface area contributed by atoms with Crippen LogP contribution in [0.5, 0.6) is 0 Å². The molecule has 0 aliphatic heterocycles. The fraction of sp³-hybridized carbons (Fsp3) is 0.545. The number of aromatic amines is 1. The summed E-state index contributed by atoms with van der Waals surface area (Å²) in [5.41, 5.74) is 1.09. The Balaban J connectivity index is 1.37. The van der Waals surface area contributed by atoms with E-state index in [4.69, 9.17) is 21.3 Å². The molecule has 2 fully saturated rings. The number of carbonyl (C=O) groups is 2. The van der Waals surface area contributed by atoms with E-state index in [-0.39, 0.29) is 47.7 Å². The minimum absolute atomic E-state index is 0.0528. The highest BCUT2D eigenvalue weighted by Gasteiger charge is 2.44. The Labute approximate surface area is 257 Å². The number of methoxy groups -OCH3 is 1. The molecule has 0 radical (unpaired) electrons. The normalized spacial score (nSPS) is 19.0. The number of rotatable bonds is 13. The summed E-state index contributed by atoms with van der Waals surface area (Å²) in [5.74, 6) is -0.0678. The van der Waals surface area contributed by atoms with Gasteiger partial charge in [-0.2, -0.15) is 0 Å². The van der Waals surface area contributed by atoms with Crippen molar-refractivity contribution in [2.45, 2.75) is 82.3 Å². The Hall–Kier alpha value is -3.01. The second-order valence-corrected chi connectivity index (χ2v) is 13.3. The summed E-state index contributed by atoms with van der Waals surface area (Å²) in [6.45, 7) is 6.27. The minimum Gasteiger partial charge on any atom is -0.388 e. The first-order chi connectivity index (χ1) is 20.4. The van der Waals surface area contributed by atoms with Gasteiger partial charge in [0.1, 0.15) is 17.7 Å². The van der Waals surface area contributed by atoms with Gasteiger partial charge in [0.15, 0.2) is 0 Å². The number of carbonyl (C=O) groups excluding carboxylic acids is 2. The number of aromatic nitrogens is 2. The van der Waals surface area contributed by atoms with Gasteiger partial charge in [0, 0.05) is 20.1 Å². The summed E-state index contributed by atoms with van der Waals surface area (Å²) in [5, 5.41) is 16.2. The lowest BCUT2D eigenvalue weighted by Gasteiger charge is -2.36. The van der Waals surface area contributed by atoms with Gasteiger partial charge in [-0.05, 0) is 79.7 Å². The molecule has 232 valence electrons. The molecule has 0 bridgehead atoms. The van der Waals surface area contributed by atoms with E-state index in [1.54, 1.807) is 13.2 Å². The Kier molecular flexibility index (Phi) is 9.16. The number of H-pyrrole nitrogens is 1. The molecule has 3 atom stereocenters. The lowest BCUT2D eigenvalue weighted by molar-refractivity contribution is -0.135. The molecule has 43 heavy (non-hydrogen) atoms. The minimum atomic E-state index is -1.08. The van der Waals surface area contributed by atoms with Crippen LogP contribution >= 0.6 is 11.6 Å². The van der Waals surface area contributed by atoms with Crippen molar-refractivity contribution in [1.82, 2.24) is 20.6 Å². The van der Waals surface area contributed by atoms with Crippen LogP contribution in [0.3, 0.4) is 0 Å². The predicted octanol–water partition coefficient (Wildman–Crippen LogP) is 5.17. The molecular formula is C33H42ClFN4O4. The average molecular weight is 613 g/mol. The third-order valence-corrected chi connectivity index (χ3v) is 9.71. The van der Waals surface area contributed by atoms with Gasteiger partial charge in [0.25, 0.3) is 0 Å². The topological polar surface area (TPSA) is 116 Å². The zero-order valence-electron chi connectivity index (χ0n) is 25.3. The van der Waals surface area contributed by atoms with Gasteiger partial charge in [0.05, 0.1) is 33.7 Å². The number of hydrogen-bond acceptors (Lipinski definition) is 5. The molecule has 8 nitrogen and oxygen atoms in total. The van der Waals surface area contributed by atoms with E-state index >= 15 is 0 Å². The molecule has 2 amide bonds. The van der Waals surface area contributed by atoms with E-state index in [0.717, 1.165) is 47.2 Å². The van der Waals surface area contributed by atoms with Gasteiger partial charge in [0.2, 0.25) is 11.8 Å². The number of nitrogens with zero attached hydrogens (tertiary/aromatic N) is 1. The highest BCUT2D eigenvalue weighted by atomic mass is 35.5. The fourth-order valence-electron chi connectivity index (χ4n) is 5.94. The van der Waals surface area contributed by atoms with Crippen molar-refractivity contribution >= 4 is 34.4 Å². The van der Waals surface area contributed by atoms with E-state index in [2.05, 4.69) is 29.5 Å². The van der Waals surface area contributed by atoms with Crippen LogP contribution in [0.1, 0.15) is 75.7 Å². The second-order valence-electron chi connectivity index (χ2n) is 13.0. The lowest BCUT2D eigenvalue weighted by Crippen LogP contribution is -2.58. The zero-order valence-corrected chi connectivity index (χ0v) is 26.1. The number of fused-ring (bicyclic) bond motifs is 1. The number of benzene rings is 2. The number of hydrogen-bond donors (Lipinski definition) is 4. The number of halogens is 2. The third kappa shape index (κ3) is 6.74. The third-order valence-electron chi connectivity index (χ3n) is 9.31. The van der Waals surface area contributed by atoms with Crippen molar-refractivity contribution in [3.05, 3.63) is 64.2 Å². The Bertz CT molecular complexity index is 1480. The van der Waals surface area contributed by atoms with Crippen LogP contribution in [0, 0.1) is 17.7 Å². The largest absolute Gasteiger partial charge is 0.388 e. The quantitative estimate of drug-likeness (QED) is 0.213. The monoisotopic (exact) mass is 612 g/mol. The van der Waals surface area contributed by atoms with Gasteiger partial charge in [-0.15, -0.1) is 0 Å². The van der Waals surface area contributed by atoms with Crippen LogP contribution in [-0.2, 0) is 26.2 Å². The molecule has 5 rings (SSSR count). The SMILES string of the molecule is COCC(C)(C(=O)N[C@@H](C(=O)NCC1(O)CC1)C1CCC1)c1ccc2nc(CC(c3cccc(F)c3Cl)C(C)C)[nH]c2c1. The number of amides is 2. The summed E-state index contributed by atoms with van der Waals surface area (Å²) in [6.07, 6.45) is 4.64. The Morgan fingerprint density at radius 2 is 2.00 bits per heavy atom. The molecule has 0 saturated heterocycles. The maximum absolute atomic E-state index is 14.2. The second kappa shape index (κ2) is 12.5. The smallest absolute Gasteiger partial charge is 0.242 e. The van der Waals surface area contributed by atoms with Crippen molar-refractivity contribution in [2.24, 2.45) is 11.8 Å². The van der Waals surface area contributed by atoms with Gasteiger partial charge in [-0.3, -0.25) is 9.59 Å². The van der Waals surface area contributed by atoms with E-state index in [0.29, 0.717) is 19.3 Å². The van der Waals surface area contributed by atoms with Gasteiger partial charge in [-0.25, -0.2) is 9.37 Å². The maximum Gasteiger partial charge on any atom is 0.242 e. The van der Waals surface area contributed by atoms with E-state index in [1.807, 2.05) is 31.2 Å². The van der Waals surface area contributed by atoms with Crippen molar-refractivity contribution in [3.63, 3.8) is 0 Å². The summed E-state index contributed by atoms with van der Waals surface area (Å²) in [7, 11) is 1.55. The molecule has 10 heteroatoms. The summed E-state index contributed by atoms with van der Waals surface area (Å²) in [6, 6.07) is 9.87. The highest BCUT2D eigenvalue weighted by molar-refractivity contribution is 6.31.